The normalized spacial score (nSPS) is 15.7. The molecule has 1 aliphatic rings. The van der Waals surface area contributed by atoms with E-state index in [2.05, 4.69) is 5.10 Å². The Balaban J connectivity index is 2.00. The monoisotopic (exact) mass is 390 g/mol. The van der Waals surface area contributed by atoms with Gasteiger partial charge in [-0.05, 0) is 37.6 Å². The first-order chi connectivity index (χ1) is 13.9. The van der Waals surface area contributed by atoms with Gasteiger partial charge in [-0.15, -0.1) is 0 Å². The van der Waals surface area contributed by atoms with Gasteiger partial charge < -0.3 is 9.52 Å². The Kier molecular flexibility index (Phi) is 4.24. The summed E-state index contributed by atoms with van der Waals surface area (Å²) in [6.45, 7) is 1.88. The van der Waals surface area contributed by atoms with Crippen molar-refractivity contribution in [3.8, 4) is 11.8 Å². The lowest BCUT2D eigenvalue weighted by molar-refractivity contribution is -0.431. The van der Waals surface area contributed by atoms with Gasteiger partial charge in [0.15, 0.2) is 0 Å². The van der Waals surface area contributed by atoms with E-state index in [1.54, 1.807) is 36.4 Å². The average Bonchev–Trinajstić information content (AvgIpc) is 3.23. The number of fused-ring (bicyclic) bond motifs is 1. The second-order valence-electron chi connectivity index (χ2n) is 6.63. The number of furan rings is 1. The fraction of sp³-hybridized carbons (Fsp3) is 0.150. The third-order valence-electron chi connectivity index (χ3n) is 4.87. The smallest absolute Gasteiger partial charge is 0.300 e. The lowest BCUT2D eigenvalue weighted by Crippen LogP contribution is -2.31. The largest absolute Gasteiger partial charge is 0.501 e. The van der Waals surface area contributed by atoms with Gasteiger partial charge in [-0.25, -0.2) is 0 Å². The Morgan fingerprint density at radius 2 is 2.07 bits per heavy atom. The molecule has 0 radical (unpaired) electrons. The molecular formula is C20H14N4O5. The van der Waals surface area contributed by atoms with E-state index in [1.165, 1.54) is 6.26 Å². The predicted octanol–water partition coefficient (Wildman–Crippen LogP) is 2.85. The molecule has 0 saturated heterocycles. The molecule has 3 aromatic rings. The number of benzene rings is 1. The molecule has 1 aliphatic carbocycles. The van der Waals surface area contributed by atoms with Gasteiger partial charge in [0.2, 0.25) is 5.76 Å². The number of nitriles is 1. The second kappa shape index (κ2) is 6.76. The van der Waals surface area contributed by atoms with E-state index < -0.39 is 27.9 Å². The Hall–Kier alpha value is -4.19. The summed E-state index contributed by atoms with van der Waals surface area (Å²) in [4.78, 5) is 23.9. The molecule has 144 valence electrons. The van der Waals surface area contributed by atoms with Crippen LogP contribution in [-0.2, 0) is 6.42 Å². The Bertz CT molecular complexity index is 1250. The molecule has 0 aliphatic heterocycles. The summed E-state index contributed by atoms with van der Waals surface area (Å²) >= 11 is 0. The number of hydrogen-bond donors (Lipinski definition) is 1. The molecule has 0 saturated carbocycles. The molecule has 0 amide bonds. The highest BCUT2D eigenvalue weighted by Crippen LogP contribution is 2.39. The summed E-state index contributed by atoms with van der Waals surface area (Å²) in [7, 11) is 0. The van der Waals surface area contributed by atoms with Crippen LogP contribution in [0.3, 0.4) is 0 Å². The Labute approximate surface area is 163 Å². The molecule has 2 aromatic heterocycles. The van der Waals surface area contributed by atoms with Crippen LogP contribution in [0.25, 0.3) is 11.4 Å². The zero-order valence-corrected chi connectivity index (χ0v) is 15.2. The zero-order chi connectivity index (χ0) is 20.7. The molecule has 29 heavy (non-hydrogen) atoms. The number of rotatable bonds is 3. The highest BCUT2D eigenvalue weighted by atomic mass is 16.6. The van der Waals surface area contributed by atoms with E-state index in [0.717, 1.165) is 10.2 Å². The van der Waals surface area contributed by atoms with Crippen LogP contribution in [0.5, 0.6) is 0 Å². The minimum Gasteiger partial charge on any atom is -0.501 e. The first kappa shape index (κ1) is 18.2. The maximum Gasteiger partial charge on any atom is 0.300 e. The van der Waals surface area contributed by atoms with Gasteiger partial charge in [0, 0.05) is 5.56 Å². The third kappa shape index (κ3) is 2.87. The maximum atomic E-state index is 12.9. The summed E-state index contributed by atoms with van der Waals surface area (Å²) in [6, 6.07) is 11.8. The molecule has 0 spiro atoms. The number of aryl methyl sites for hydroxylation is 1. The topological polar surface area (TPSA) is 135 Å². The molecule has 0 fully saturated rings. The molecule has 9 nitrogen and oxygen atoms in total. The van der Waals surface area contributed by atoms with Crippen molar-refractivity contribution in [2.75, 3.05) is 0 Å². The number of hydrogen-bond acceptors (Lipinski definition) is 7. The van der Waals surface area contributed by atoms with Crippen LogP contribution in [0.4, 0.5) is 0 Å². The van der Waals surface area contributed by atoms with Gasteiger partial charge in [0.05, 0.1) is 16.9 Å². The third-order valence-corrected chi connectivity index (χ3v) is 4.87. The van der Waals surface area contributed by atoms with Gasteiger partial charge in [-0.3, -0.25) is 14.9 Å². The lowest BCUT2D eigenvalue weighted by atomic mass is 9.85. The number of aliphatic hydroxyl groups excluding tert-OH is 1. The van der Waals surface area contributed by atoms with Crippen molar-refractivity contribution in [1.29, 1.82) is 5.26 Å². The van der Waals surface area contributed by atoms with Crippen molar-refractivity contribution < 1.29 is 14.4 Å². The van der Waals surface area contributed by atoms with E-state index in [0.29, 0.717) is 5.69 Å². The first-order valence-electron chi connectivity index (χ1n) is 8.67. The number of aliphatic hydroxyl groups is 1. The molecule has 9 heteroatoms. The molecule has 1 N–H and O–H groups in total. The summed E-state index contributed by atoms with van der Waals surface area (Å²) in [5.74, 6) is -1.38. The van der Waals surface area contributed by atoms with Gasteiger partial charge >= 0.3 is 5.70 Å². The Morgan fingerprint density at radius 1 is 1.34 bits per heavy atom. The second-order valence-corrected chi connectivity index (χ2v) is 6.63. The number of aromatic nitrogens is 2. The average molecular weight is 390 g/mol. The lowest BCUT2D eigenvalue weighted by Gasteiger charge is -2.22. The highest BCUT2D eigenvalue weighted by Gasteiger charge is 2.41. The van der Waals surface area contributed by atoms with E-state index in [9.17, 15) is 25.3 Å². The van der Waals surface area contributed by atoms with Gasteiger partial charge in [-0.1, -0.05) is 17.7 Å². The number of nitro groups is 1. The van der Waals surface area contributed by atoms with Crippen molar-refractivity contribution in [1.82, 2.24) is 9.78 Å². The molecule has 1 unspecified atom stereocenters. The summed E-state index contributed by atoms with van der Waals surface area (Å²) in [6.07, 6.45) is 1.29. The maximum absolute atomic E-state index is 12.9. The van der Waals surface area contributed by atoms with Gasteiger partial charge in [-0.2, -0.15) is 15.0 Å². The number of allylic oxidation sites excluding steroid dienone is 1. The molecular weight excluding hydrogens is 376 g/mol. The number of nitrogens with zero attached hydrogens (tertiary/aromatic N) is 4. The van der Waals surface area contributed by atoms with Crippen LogP contribution in [-0.4, -0.2) is 19.8 Å². The van der Waals surface area contributed by atoms with Crippen LogP contribution in [0.15, 0.2) is 57.6 Å². The van der Waals surface area contributed by atoms with Gasteiger partial charge in [0.25, 0.3) is 5.56 Å². The zero-order valence-electron chi connectivity index (χ0n) is 15.2. The van der Waals surface area contributed by atoms with Crippen LogP contribution in [0, 0.1) is 28.4 Å². The predicted molar refractivity (Wildman–Crippen MR) is 101 cm³/mol. The van der Waals surface area contributed by atoms with Gasteiger partial charge in [0.1, 0.15) is 29.0 Å². The fourth-order valence-corrected chi connectivity index (χ4v) is 3.45. The van der Waals surface area contributed by atoms with Crippen LogP contribution in [0.1, 0.15) is 34.1 Å². The standard InChI is InChI=1S/C20H14N4O5/c1-11-4-6-12(7-5-11)23-20(26)15(10-21)13-9-14(16-3-2-8-29-16)18(24(27)28)19(25)17(13)22-23/h2-8,14,25H,9H2,1H3. The van der Waals surface area contributed by atoms with Crippen LogP contribution < -0.4 is 5.56 Å². The van der Waals surface area contributed by atoms with Crippen LogP contribution in [0.2, 0.25) is 0 Å². The minimum absolute atomic E-state index is 0.0664. The van der Waals surface area contributed by atoms with E-state index in [-0.39, 0.29) is 29.0 Å². The van der Waals surface area contributed by atoms with Crippen molar-refractivity contribution in [2.45, 2.75) is 19.3 Å². The summed E-state index contributed by atoms with van der Waals surface area (Å²) in [5, 5.41) is 36.2. The van der Waals surface area contributed by atoms with E-state index in [1.807, 2.05) is 13.0 Å². The molecule has 0 bridgehead atoms. The highest BCUT2D eigenvalue weighted by molar-refractivity contribution is 5.67. The molecule has 2 heterocycles. The van der Waals surface area contributed by atoms with E-state index >= 15 is 0 Å². The summed E-state index contributed by atoms with van der Waals surface area (Å²) in [5.41, 5.74) is -0.0327. The van der Waals surface area contributed by atoms with E-state index in [4.69, 9.17) is 4.42 Å². The fourth-order valence-electron chi connectivity index (χ4n) is 3.45. The molecule has 1 aromatic carbocycles. The minimum atomic E-state index is -0.948. The summed E-state index contributed by atoms with van der Waals surface area (Å²) < 4.78 is 6.26. The molecule has 1 atom stereocenters. The first-order valence-corrected chi connectivity index (χ1v) is 8.67. The quantitative estimate of drug-likeness (QED) is 0.536. The SMILES string of the molecule is Cc1ccc(-n2nc3c(c(C#N)c2=O)CC(c2ccco2)C([N+](=O)[O-])=C3O)cc1. The van der Waals surface area contributed by atoms with Crippen molar-refractivity contribution >= 4 is 5.76 Å². The van der Waals surface area contributed by atoms with Crippen molar-refractivity contribution in [3.63, 3.8) is 0 Å². The van der Waals surface area contributed by atoms with Crippen LogP contribution >= 0.6 is 0 Å². The van der Waals surface area contributed by atoms with Crippen molar-refractivity contribution in [3.05, 3.63) is 97.0 Å². The Morgan fingerprint density at radius 3 is 2.66 bits per heavy atom. The molecule has 4 rings (SSSR count). The van der Waals surface area contributed by atoms with Crippen molar-refractivity contribution in [2.24, 2.45) is 0 Å².